The van der Waals surface area contributed by atoms with Crippen molar-refractivity contribution < 1.29 is 19.4 Å². The minimum atomic E-state index is 0.140. The molecule has 0 aliphatic carbocycles. The van der Waals surface area contributed by atoms with Gasteiger partial charge in [0.25, 0.3) is 0 Å². The maximum absolute atomic E-state index is 10.5. The molecule has 0 bridgehead atoms. The van der Waals surface area contributed by atoms with E-state index in [1.165, 1.54) is 5.56 Å². The van der Waals surface area contributed by atoms with Crippen molar-refractivity contribution in [2.75, 3.05) is 0 Å². The molecule has 0 aliphatic rings. The van der Waals surface area contributed by atoms with E-state index in [4.69, 9.17) is 9.84 Å². The Morgan fingerprint density at radius 2 is 1.09 bits per heavy atom. The fourth-order valence-electron chi connectivity index (χ4n) is 2.61. The molecular weight excluding hydrogens is 412 g/mol. The van der Waals surface area contributed by atoms with E-state index in [9.17, 15) is 9.59 Å². The summed E-state index contributed by atoms with van der Waals surface area (Å²) < 4.78 is 5.58. The van der Waals surface area contributed by atoms with Crippen LogP contribution < -0.4 is 4.74 Å². The topological polar surface area (TPSA) is 63.6 Å². The molecule has 0 saturated carbocycles. The molecule has 0 amide bonds. The molecule has 33 heavy (non-hydrogen) atoms. The van der Waals surface area contributed by atoms with Gasteiger partial charge in [-0.15, -0.1) is 0 Å². The van der Waals surface area contributed by atoms with Crippen molar-refractivity contribution in [3.05, 3.63) is 137 Å². The smallest absolute Gasteiger partial charge is 0.150 e. The van der Waals surface area contributed by atoms with Gasteiger partial charge in [-0.3, -0.25) is 9.59 Å². The Kier molecular flexibility index (Phi) is 11.4. The summed E-state index contributed by atoms with van der Waals surface area (Å²) in [6, 6.07) is 34.0. The predicted molar refractivity (Wildman–Crippen MR) is 132 cm³/mol. The highest BCUT2D eigenvalue weighted by atomic mass is 16.5. The van der Waals surface area contributed by atoms with Gasteiger partial charge in [0.05, 0.1) is 6.61 Å². The molecule has 0 radical (unpaired) electrons. The quantitative estimate of drug-likeness (QED) is 0.370. The van der Waals surface area contributed by atoms with Crippen LogP contribution in [-0.4, -0.2) is 17.7 Å². The number of aliphatic hydroxyl groups is 1. The highest BCUT2D eigenvalue weighted by Gasteiger charge is 1.95. The first-order valence-electron chi connectivity index (χ1n) is 10.5. The molecule has 0 saturated heterocycles. The summed E-state index contributed by atoms with van der Waals surface area (Å²) in [4.78, 5) is 20.6. The molecule has 0 atom stereocenters. The normalized spacial score (nSPS) is 9.39. The molecule has 0 aromatic heterocycles. The van der Waals surface area contributed by atoms with Crippen LogP contribution in [0.2, 0.25) is 0 Å². The Hall–Kier alpha value is -4.02. The summed E-state index contributed by atoms with van der Waals surface area (Å²) >= 11 is 0. The Bertz CT molecular complexity index is 1060. The lowest BCUT2D eigenvalue weighted by molar-refractivity contribution is 0.111. The van der Waals surface area contributed by atoms with Gasteiger partial charge in [-0.1, -0.05) is 90.5 Å². The van der Waals surface area contributed by atoms with Gasteiger partial charge < -0.3 is 9.84 Å². The summed E-state index contributed by atoms with van der Waals surface area (Å²) in [5, 5.41) is 8.54. The van der Waals surface area contributed by atoms with E-state index in [0.29, 0.717) is 12.2 Å². The minimum Gasteiger partial charge on any atom is -0.489 e. The minimum absolute atomic E-state index is 0.140. The Labute approximate surface area is 195 Å². The van der Waals surface area contributed by atoms with E-state index in [1.807, 2.05) is 91.9 Å². The summed E-state index contributed by atoms with van der Waals surface area (Å²) in [5.41, 5.74) is 4.67. The van der Waals surface area contributed by atoms with Crippen molar-refractivity contribution in [2.45, 2.75) is 20.1 Å². The second kappa shape index (κ2) is 14.9. The molecule has 4 aromatic rings. The Balaban J connectivity index is 0.000000192. The Morgan fingerprint density at radius 3 is 1.52 bits per heavy atom. The van der Waals surface area contributed by atoms with Crippen molar-refractivity contribution in [3.8, 4) is 5.75 Å². The molecule has 4 nitrogen and oxygen atoms in total. The van der Waals surface area contributed by atoms with Gasteiger partial charge in [0, 0.05) is 11.1 Å². The van der Waals surface area contributed by atoms with Crippen LogP contribution in [-0.2, 0) is 13.2 Å². The van der Waals surface area contributed by atoms with Crippen molar-refractivity contribution in [1.29, 1.82) is 0 Å². The zero-order chi connectivity index (χ0) is 23.7. The third-order valence-corrected chi connectivity index (χ3v) is 4.50. The van der Waals surface area contributed by atoms with Crippen LogP contribution in [0.25, 0.3) is 0 Å². The molecule has 0 aliphatic heterocycles. The highest BCUT2D eigenvalue weighted by Crippen LogP contribution is 2.13. The van der Waals surface area contributed by atoms with Crippen molar-refractivity contribution in [1.82, 2.24) is 0 Å². The van der Waals surface area contributed by atoms with Crippen LogP contribution in [0.1, 0.15) is 37.4 Å². The fraction of sp³-hybridized carbons (Fsp3) is 0.103. The maximum atomic E-state index is 10.5. The number of benzene rings is 4. The molecule has 0 spiro atoms. The van der Waals surface area contributed by atoms with Gasteiger partial charge in [0.2, 0.25) is 0 Å². The lowest BCUT2D eigenvalue weighted by Gasteiger charge is -2.05. The van der Waals surface area contributed by atoms with Gasteiger partial charge in [-0.2, -0.15) is 0 Å². The standard InChI is InChI=1S/C14H12O2.C8H8O.C7H8O/c15-10-12-6-8-14(9-7-12)16-11-13-4-2-1-3-5-13;1-7-2-4-8(6-9)5-3-7;8-6-7-4-2-1-3-5-7/h1-10H,11H2;2-6H,1H3;1-5,8H,6H2. The molecule has 168 valence electrons. The van der Waals surface area contributed by atoms with E-state index >= 15 is 0 Å². The largest absolute Gasteiger partial charge is 0.489 e. The van der Waals surface area contributed by atoms with Gasteiger partial charge in [-0.25, -0.2) is 0 Å². The predicted octanol–water partition coefficient (Wildman–Crippen LogP) is 6.06. The Morgan fingerprint density at radius 1 is 0.636 bits per heavy atom. The number of rotatable bonds is 6. The van der Waals surface area contributed by atoms with E-state index in [1.54, 1.807) is 24.3 Å². The second-order valence-electron chi connectivity index (χ2n) is 7.13. The number of aldehydes is 2. The van der Waals surface area contributed by atoms with Crippen molar-refractivity contribution in [3.63, 3.8) is 0 Å². The zero-order valence-electron chi connectivity index (χ0n) is 18.6. The third-order valence-electron chi connectivity index (χ3n) is 4.50. The van der Waals surface area contributed by atoms with Crippen LogP contribution in [0.4, 0.5) is 0 Å². The highest BCUT2D eigenvalue weighted by molar-refractivity contribution is 5.75. The van der Waals surface area contributed by atoms with Gasteiger partial charge in [0.1, 0.15) is 24.9 Å². The first kappa shape index (κ1) is 25.2. The van der Waals surface area contributed by atoms with E-state index in [2.05, 4.69) is 0 Å². The number of hydrogen-bond acceptors (Lipinski definition) is 4. The molecule has 4 aromatic carbocycles. The molecular formula is C29H28O4. The first-order chi connectivity index (χ1) is 16.1. The summed E-state index contributed by atoms with van der Waals surface area (Å²) in [6.45, 7) is 2.68. The van der Waals surface area contributed by atoms with E-state index in [0.717, 1.165) is 35.0 Å². The molecule has 4 rings (SSSR count). The van der Waals surface area contributed by atoms with Crippen molar-refractivity contribution in [2.24, 2.45) is 0 Å². The number of aliphatic hydroxyl groups excluding tert-OH is 1. The number of carbonyl (C=O) groups excluding carboxylic acids is 2. The van der Waals surface area contributed by atoms with Crippen LogP contribution >= 0.6 is 0 Å². The van der Waals surface area contributed by atoms with Crippen LogP contribution in [0, 0.1) is 6.92 Å². The lowest BCUT2D eigenvalue weighted by Crippen LogP contribution is -1.94. The van der Waals surface area contributed by atoms with Crippen LogP contribution in [0.15, 0.2) is 109 Å². The molecule has 4 heteroatoms. The SMILES string of the molecule is Cc1ccc(C=O)cc1.O=Cc1ccc(OCc2ccccc2)cc1.OCc1ccccc1. The van der Waals surface area contributed by atoms with Gasteiger partial charge >= 0.3 is 0 Å². The molecule has 0 unspecified atom stereocenters. The first-order valence-corrected chi connectivity index (χ1v) is 10.5. The number of aryl methyl sites for hydroxylation is 1. The molecule has 0 fully saturated rings. The average Bonchev–Trinajstić information content (AvgIpc) is 2.90. The molecule has 0 heterocycles. The molecule has 1 N–H and O–H groups in total. The van der Waals surface area contributed by atoms with E-state index in [-0.39, 0.29) is 6.61 Å². The lowest BCUT2D eigenvalue weighted by atomic mass is 10.2. The fourth-order valence-corrected chi connectivity index (χ4v) is 2.61. The van der Waals surface area contributed by atoms with Crippen LogP contribution in [0.5, 0.6) is 5.75 Å². The van der Waals surface area contributed by atoms with Gasteiger partial charge in [0.15, 0.2) is 0 Å². The van der Waals surface area contributed by atoms with Crippen molar-refractivity contribution >= 4 is 12.6 Å². The second-order valence-corrected chi connectivity index (χ2v) is 7.13. The van der Waals surface area contributed by atoms with E-state index < -0.39 is 0 Å². The number of ether oxygens (including phenoxy) is 1. The monoisotopic (exact) mass is 440 g/mol. The number of carbonyl (C=O) groups is 2. The third kappa shape index (κ3) is 10.2. The zero-order valence-corrected chi connectivity index (χ0v) is 18.6. The van der Waals surface area contributed by atoms with Gasteiger partial charge in [-0.05, 0) is 42.3 Å². The summed E-state index contributed by atoms with van der Waals surface area (Å²) in [6.07, 6.45) is 1.67. The number of hydrogen-bond donors (Lipinski definition) is 1. The van der Waals surface area contributed by atoms with Crippen LogP contribution in [0.3, 0.4) is 0 Å². The average molecular weight is 441 g/mol. The maximum Gasteiger partial charge on any atom is 0.150 e. The summed E-state index contributed by atoms with van der Waals surface area (Å²) in [7, 11) is 0. The summed E-state index contributed by atoms with van der Waals surface area (Å²) in [5.74, 6) is 0.773.